The van der Waals surface area contributed by atoms with E-state index in [1.165, 1.54) is 18.9 Å². The van der Waals surface area contributed by atoms with Crippen molar-refractivity contribution in [1.82, 2.24) is 0 Å². The van der Waals surface area contributed by atoms with Gasteiger partial charge in [0, 0.05) is 10.6 Å². The van der Waals surface area contributed by atoms with Crippen LogP contribution in [0.2, 0.25) is 0 Å². The second-order valence-corrected chi connectivity index (χ2v) is 7.18. The fourth-order valence-corrected chi connectivity index (χ4v) is 3.08. The lowest BCUT2D eigenvalue weighted by Gasteiger charge is -2.14. The Morgan fingerprint density at radius 1 is 1.07 bits per heavy atom. The number of hydrogen-bond acceptors (Lipinski definition) is 6. The van der Waals surface area contributed by atoms with Gasteiger partial charge in [0.05, 0.1) is 19.5 Å². The van der Waals surface area contributed by atoms with E-state index < -0.39 is 5.97 Å². The molecule has 6 nitrogen and oxygen atoms in total. The summed E-state index contributed by atoms with van der Waals surface area (Å²) in [5.74, 6) is 0.773. The third kappa shape index (κ3) is 6.21. The lowest BCUT2D eigenvalue weighted by molar-refractivity contribution is -0.142. The van der Waals surface area contributed by atoms with Crippen molar-refractivity contribution >= 4 is 29.3 Å². The zero-order valence-electron chi connectivity index (χ0n) is 15.8. The molecule has 1 atom stereocenters. The molecule has 0 aliphatic carbocycles. The van der Waals surface area contributed by atoms with E-state index >= 15 is 0 Å². The number of esters is 1. The summed E-state index contributed by atoms with van der Waals surface area (Å²) in [4.78, 5) is 24.6. The topological polar surface area (TPSA) is 73.9 Å². The van der Waals surface area contributed by atoms with Crippen molar-refractivity contribution in [3.05, 3.63) is 48.0 Å². The molecule has 27 heavy (non-hydrogen) atoms. The maximum atomic E-state index is 12.5. The first-order valence-corrected chi connectivity index (χ1v) is 9.22. The predicted octanol–water partition coefficient (Wildman–Crippen LogP) is 3.67. The van der Waals surface area contributed by atoms with E-state index in [1.54, 1.807) is 25.3 Å². The molecule has 0 fully saturated rings. The van der Waals surface area contributed by atoms with Crippen LogP contribution >= 0.6 is 11.8 Å². The van der Waals surface area contributed by atoms with Crippen LogP contribution in [-0.2, 0) is 14.3 Å². The molecule has 0 radical (unpaired) electrons. The third-order valence-corrected chi connectivity index (χ3v) is 4.89. The molecular formula is C20H23NO5S. The summed E-state index contributed by atoms with van der Waals surface area (Å²) < 4.78 is 15.0. The van der Waals surface area contributed by atoms with Gasteiger partial charge in [-0.05, 0) is 61.9 Å². The van der Waals surface area contributed by atoms with Crippen LogP contribution in [0.5, 0.6) is 11.5 Å². The predicted molar refractivity (Wildman–Crippen MR) is 106 cm³/mol. The van der Waals surface area contributed by atoms with Crippen LogP contribution in [0.15, 0.2) is 47.4 Å². The number of rotatable bonds is 8. The number of anilines is 1. The van der Waals surface area contributed by atoms with Gasteiger partial charge < -0.3 is 19.5 Å². The van der Waals surface area contributed by atoms with Gasteiger partial charge in [-0.15, -0.1) is 11.8 Å². The summed E-state index contributed by atoms with van der Waals surface area (Å²) in [6.45, 7) is 3.56. The van der Waals surface area contributed by atoms with Crippen LogP contribution in [0.3, 0.4) is 0 Å². The molecule has 0 spiro atoms. The largest absolute Gasteiger partial charge is 0.497 e. The summed E-state index contributed by atoms with van der Waals surface area (Å²) in [5, 5.41) is 2.65. The highest BCUT2D eigenvalue weighted by atomic mass is 32.2. The minimum absolute atomic E-state index is 0.0952. The van der Waals surface area contributed by atoms with Gasteiger partial charge in [-0.25, -0.2) is 4.79 Å². The monoisotopic (exact) mass is 389 g/mol. The minimum Gasteiger partial charge on any atom is -0.497 e. The van der Waals surface area contributed by atoms with E-state index in [1.807, 2.05) is 38.1 Å². The first-order valence-electron chi connectivity index (χ1n) is 8.34. The molecule has 0 saturated carbocycles. The number of methoxy groups -OCH3 is 2. The zero-order valence-corrected chi connectivity index (χ0v) is 16.6. The van der Waals surface area contributed by atoms with Crippen molar-refractivity contribution in [1.29, 1.82) is 0 Å². The van der Waals surface area contributed by atoms with Crippen LogP contribution in [0.1, 0.15) is 12.5 Å². The molecule has 1 amide bonds. The Labute approximate surface area is 163 Å². The van der Waals surface area contributed by atoms with E-state index in [0.29, 0.717) is 11.4 Å². The highest BCUT2D eigenvalue weighted by Crippen LogP contribution is 2.27. The fourth-order valence-electron chi connectivity index (χ4n) is 2.21. The number of amides is 1. The summed E-state index contributed by atoms with van der Waals surface area (Å²) in [5.41, 5.74) is 1.54. The Morgan fingerprint density at radius 2 is 1.74 bits per heavy atom. The number of carbonyl (C=O) groups excluding carboxylic acids is 2. The van der Waals surface area contributed by atoms with E-state index in [-0.39, 0.29) is 17.8 Å². The summed E-state index contributed by atoms with van der Waals surface area (Å²) >= 11 is 1.47. The third-order valence-electron chi connectivity index (χ3n) is 3.78. The molecule has 144 valence electrons. The Kier molecular flexibility index (Phi) is 7.55. The normalized spacial score (nSPS) is 11.4. The van der Waals surface area contributed by atoms with Crippen LogP contribution in [0, 0.1) is 6.92 Å². The van der Waals surface area contributed by atoms with Crippen molar-refractivity contribution in [2.24, 2.45) is 0 Å². The fraction of sp³-hybridized carbons (Fsp3) is 0.300. The standard InChI is InChI=1S/C20H23NO5S/c1-13-11-16(26-12-19(22)25-4)7-10-18(13)21-20(23)14(2)27-17-8-5-15(24-3)6-9-17/h5-11,14H,12H2,1-4H3,(H,21,23). The average molecular weight is 389 g/mol. The second-order valence-electron chi connectivity index (χ2n) is 5.77. The molecule has 0 heterocycles. The van der Waals surface area contributed by atoms with Gasteiger partial charge in [0.25, 0.3) is 0 Å². The molecule has 2 rings (SSSR count). The molecule has 0 saturated heterocycles. The lowest BCUT2D eigenvalue weighted by atomic mass is 10.2. The highest BCUT2D eigenvalue weighted by molar-refractivity contribution is 8.00. The van der Waals surface area contributed by atoms with E-state index in [9.17, 15) is 9.59 Å². The molecule has 0 aliphatic rings. The molecule has 2 aromatic rings. The number of aryl methyl sites for hydroxylation is 1. The molecule has 1 N–H and O–H groups in total. The summed E-state index contributed by atoms with van der Waals surface area (Å²) in [6.07, 6.45) is 0. The molecule has 0 aromatic heterocycles. The number of benzene rings is 2. The lowest BCUT2D eigenvalue weighted by Crippen LogP contribution is -2.22. The van der Waals surface area contributed by atoms with Crippen molar-refractivity contribution in [3.8, 4) is 11.5 Å². The number of ether oxygens (including phenoxy) is 3. The average Bonchev–Trinajstić information content (AvgIpc) is 2.68. The van der Waals surface area contributed by atoms with Gasteiger partial charge in [-0.2, -0.15) is 0 Å². The van der Waals surface area contributed by atoms with Gasteiger partial charge in [0.15, 0.2) is 6.61 Å². The van der Waals surface area contributed by atoms with Crippen LogP contribution in [-0.4, -0.2) is 38.0 Å². The van der Waals surface area contributed by atoms with Crippen molar-refractivity contribution < 1.29 is 23.8 Å². The van der Waals surface area contributed by atoms with Crippen molar-refractivity contribution in [2.75, 3.05) is 26.1 Å². The van der Waals surface area contributed by atoms with Gasteiger partial charge in [-0.1, -0.05) is 0 Å². The Morgan fingerprint density at radius 3 is 2.33 bits per heavy atom. The SMILES string of the molecule is COC(=O)COc1ccc(NC(=O)C(C)Sc2ccc(OC)cc2)c(C)c1. The molecule has 1 unspecified atom stereocenters. The van der Waals surface area contributed by atoms with Gasteiger partial charge in [0.2, 0.25) is 5.91 Å². The van der Waals surface area contributed by atoms with Gasteiger partial charge in [-0.3, -0.25) is 4.79 Å². The first-order chi connectivity index (χ1) is 12.9. The van der Waals surface area contributed by atoms with E-state index in [0.717, 1.165) is 16.2 Å². The van der Waals surface area contributed by atoms with Gasteiger partial charge >= 0.3 is 5.97 Å². The van der Waals surface area contributed by atoms with E-state index in [4.69, 9.17) is 9.47 Å². The molecular weight excluding hydrogens is 366 g/mol. The quantitative estimate of drug-likeness (QED) is 0.548. The Balaban J connectivity index is 1.94. The maximum absolute atomic E-state index is 12.5. The van der Waals surface area contributed by atoms with Crippen molar-refractivity contribution in [3.63, 3.8) is 0 Å². The highest BCUT2D eigenvalue weighted by Gasteiger charge is 2.16. The van der Waals surface area contributed by atoms with E-state index in [2.05, 4.69) is 10.1 Å². The summed E-state index contributed by atoms with van der Waals surface area (Å²) in [7, 11) is 2.92. The Hall–Kier alpha value is -2.67. The number of carbonyl (C=O) groups is 2. The van der Waals surface area contributed by atoms with Crippen LogP contribution < -0.4 is 14.8 Å². The number of thioether (sulfide) groups is 1. The molecule has 0 aliphatic heterocycles. The maximum Gasteiger partial charge on any atom is 0.343 e. The molecule has 0 bridgehead atoms. The van der Waals surface area contributed by atoms with Gasteiger partial charge in [0.1, 0.15) is 11.5 Å². The zero-order chi connectivity index (χ0) is 19.8. The van der Waals surface area contributed by atoms with Crippen molar-refractivity contribution in [2.45, 2.75) is 24.0 Å². The first kappa shape index (κ1) is 20.6. The molecule has 7 heteroatoms. The molecule has 2 aromatic carbocycles. The second kappa shape index (κ2) is 9.87. The minimum atomic E-state index is -0.450. The smallest absolute Gasteiger partial charge is 0.343 e. The number of hydrogen-bond donors (Lipinski definition) is 1. The number of nitrogens with one attached hydrogen (secondary N) is 1. The van der Waals surface area contributed by atoms with Crippen LogP contribution in [0.25, 0.3) is 0 Å². The van der Waals surface area contributed by atoms with Crippen LogP contribution in [0.4, 0.5) is 5.69 Å². The Bertz CT molecular complexity index is 791. The summed E-state index contributed by atoms with van der Waals surface area (Å²) in [6, 6.07) is 12.8.